The molecule has 0 saturated carbocycles. The monoisotopic (exact) mass is 372 g/mol. The van der Waals surface area contributed by atoms with Crippen LogP contribution in [-0.4, -0.2) is 18.1 Å². The number of benzene rings is 2. The highest BCUT2D eigenvalue weighted by Gasteiger charge is 2.08. The van der Waals surface area contributed by atoms with E-state index in [-0.39, 0.29) is 10.5 Å². The Kier molecular flexibility index (Phi) is 4.83. The zero-order valence-corrected chi connectivity index (χ0v) is 14.7. The van der Waals surface area contributed by atoms with Crippen LogP contribution in [0.2, 0.25) is 5.02 Å². The maximum atomic E-state index is 11.5. The molecule has 0 aliphatic carbocycles. The van der Waals surface area contributed by atoms with Crippen LogP contribution in [0, 0.1) is 0 Å². The third-order valence-electron chi connectivity index (χ3n) is 3.49. The Bertz CT molecular complexity index is 1040. The number of rotatable bonds is 3. The third kappa shape index (κ3) is 3.70. The lowest BCUT2D eigenvalue weighted by molar-refractivity contribution is 0.0601. The molecule has 3 aromatic rings. The number of nitrogens with zero attached hydrogens (tertiary/aromatic N) is 1. The van der Waals surface area contributed by atoms with Crippen LogP contribution in [0.3, 0.4) is 0 Å². The highest BCUT2D eigenvalue weighted by molar-refractivity contribution is 7.80. The number of halogens is 1. The molecule has 0 radical (unpaired) electrons. The molecule has 126 valence electrons. The first-order valence-corrected chi connectivity index (χ1v) is 8.03. The minimum Gasteiger partial charge on any atom is -0.465 e. The summed E-state index contributed by atoms with van der Waals surface area (Å²) < 4.78 is 10.5. The summed E-state index contributed by atoms with van der Waals surface area (Å²) in [5, 5.41) is 1.36. The summed E-state index contributed by atoms with van der Waals surface area (Å²) in [6, 6.07) is 13.6. The van der Waals surface area contributed by atoms with Gasteiger partial charge in [-0.05, 0) is 48.5 Å². The van der Waals surface area contributed by atoms with Crippen molar-refractivity contribution in [1.29, 1.82) is 0 Å². The van der Waals surface area contributed by atoms with Gasteiger partial charge in [-0.25, -0.2) is 9.79 Å². The van der Waals surface area contributed by atoms with Crippen molar-refractivity contribution in [2.45, 2.75) is 0 Å². The van der Waals surface area contributed by atoms with Crippen molar-refractivity contribution in [2.24, 2.45) is 10.7 Å². The van der Waals surface area contributed by atoms with Crippen LogP contribution >= 0.6 is 23.8 Å². The molecule has 0 unspecified atom stereocenters. The predicted molar refractivity (Wildman–Crippen MR) is 100 cm³/mol. The molecule has 1 heterocycles. The molecule has 0 saturated heterocycles. The van der Waals surface area contributed by atoms with Crippen molar-refractivity contribution in [1.82, 2.24) is 0 Å². The van der Waals surface area contributed by atoms with Crippen LogP contribution in [0.4, 0.5) is 5.69 Å². The number of hydrogen-bond donors (Lipinski definition) is 1. The summed E-state index contributed by atoms with van der Waals surface area (Å²) >= 11 is 11.1. The first-order valence-electron chi connectivity index (χ1n) is 7.24. The number of fused-ring (bicyclic) bond motifs is 1. The molecule has 2 aromatic carbocycles. The summed E-state index contributed by atoms with van der Waals surface area (Å²) in [4.78, 5) is 16.1. The molecule has 0 spiro atoms. The summed E-state index contributed by atoms with van der Waals surface area (Å²) in [5.41, 5.74) is 8.21. The van der Waals surface area contributed by atoms with Crippen LogP contribution in [0.1, 0.15) is 15.9 Å². The average molecular weight is 373 g/mol. The van der Waals surface area contributed by atoms with Gasteiger partial charge in [-0.2, -0.15) is 0 Å². The van der Waals surface area contributed by atoms with Crippen molar-refractivity contribution in [2.75, 3.05) is 7.11 Å². The molecule has 7 heteroatoms. The molecule has 5 nitrogen and oxygen atoms in total. The number of thiocarbonyl (C=S) groups is 1. The van der Waals surface area contributed by atoms with E-state index >= 15 is 0 Å². The molecule has 25 heavy (non-hydrogen) atoms. The topological polar surface area (TPSA) is 77.8 Å². The van der Waals surface area contributed by atoms with Gasteiger partial charge in [0.2, 0.25) is 5.55 Å². The Morgan fingerprint density at radius 1 is 1.20 bits per heavy atom. The second kappa shape index (κ2) is 7.04. The maximum absolute atomic E-state index is 11.5. The standard InChI is InChI=1S/C18H13ClN2O3S/c1-23-18(22)10-2-5-13(6-3-10)21-17-14(16(20)25)9-11-8-12(19)4-7-15(11)24-17/h2-9H,1H3,(H2,20,25). The highest BCUT2D eigenvalue weighted by atomic mass is 35.5. The molecule has 0 fully saturated rings. The van der Waals surface area contributed by atoms with Crippen LogP contribution in [0.5, 0.6) is 0 Å². The van der Waals surface area contributed by atoms with Gasteiger partial charge < -0.3 is 14.9 Å². The minimum absolute atomic E-state index is 0.163. The first kappa shape index (κ1) is 17.1. The minimum atomic E-state index is -0.414. The van der Waals surface area contributed by atoms with E-state index in [1.54, 1.807) is 48.5 Å². The van der Waals surface area contributed by atoms with Crippen molar-refractivity contribution >= 4 is 51.4 Å². The lowest BCUT2D eigenvalue weighted by Gasteiger charge is -2.04. The van der Waals surface area contributed by atoms with E-state index in [4.69, 9.17) is 34.0 Å². The molecule has 0 aliphatic rings. The molecular formula is C18H13ClN2O3S. The van der Waals surface area contributed by atoms with Gasteiger partial charge in [0.25, 0.3) is 0 Å². The Labute approximate surface area is 153 Å². The van der Waals surface area contributed by atoms with Crippen molar-refractivity contribution < 1.29 is 13.9 Å². The van der Waals surface area contributed by atoms with Crippen LogP contribution < -0.4 is 11.3 Å². The fraction of sp³-hybridized carbons (Fsp3) is 0.0556. The number of carbonyl (C=O) groups excluding carboxylic acids is 1. The first-order chi connectivity index (χ1) is 12.0. The number of carbonyl (C=O) groups is 1. The zero-order chi connectivity index (χ0) is 18.0. The second-order valence-corrected chi connectivity index (χ2v) is 6.04. The molecular weight excluding hydrogens is 360 g/mol. The summed E-state index contributed by atoms with van der Waals surface area (Å²) in [7, 11) is 1.33. The van der Waals surface area contributed by atoms with Gasteiger partial charge >= 0.3 is 5.97 Å². The van der Waals surface area contributed by atoms with Gasteiger partial charge in [-0.15, -0.1) is 0 Å². The fourth-order valence-electron chi connectivity index (χ4n) is 2.27. The number of hydrogen-bond acceptors (Lipinski definition) is 5. The van der Waals surface area contributed by atoms with E-state index in [9.17, 15) is 4.79 Å². The largest absolute Gasteiger partial charge is 0.465 e. The highest BCUT2D eigenvalue weighted by Crippen LogP contribution is 2.20. The van der Waals surface area contributed by atoms with Crippen LogP contribution in [0.25, 0.3) is 11.0 Å². The molecule has 3 rings (SSSR count). The number of ether oxygens (including phenoxy) is 1. The number of nitrogens with two attached hydrogens (primary N) is 1. The van der Waals surface area contributed by atoms with Gasteiger partial charge in [0.05, 0.1) is 23.9 Å². The summed E-state index contributed by atoms with van der Waals surface area (Å²) in [6.07, 6.45) is 0. The Hall–Kier alpha value is -2.70. The third-order valence-corrected chi connectivity index (χ3v) is 3.95. The fourth-order valence-corrected chi connectivity index (χ4v) is 2.59. The number of esters is 1. The van der Waals surface area contributed by atoms with E-state index in [1.807, 2.05) is 0 Å². The lowest BCUT2D eigenvalue weighted by atomic mass is 10.2. The predicted octanol–water partition coefficient (Wildman–Crippen LogP) is 3.74. The maximum Gasteiger partial charge on any atom is 0.337 e. The summed E-state index contributed by atoms with van der Waals surface area (Å²) in [6.45, 7) is 0. The Morgan fingerprint density at radius 2 is 1.92 bits per heavy atom. The van der Waals surface area contributed by atoms with Crippen molar-refractivity contribution in [3.05, 3.63) is 70.2 Å². The quantitative estimate of drug-likeness (QED) is 0.559. The molecule has 0 atom stereocenters. The van der Waals surface area contributed by atoms with Gasteiger partial charge in [-0.3, -0.25) is 0 Å². The second-order valence-electron chi connectivity index (χ2n) is 5.16. The normalized spacial score (nSPS) is 11.5. The number of methoxy groups -OCH3 is 1. The SMILES string of the molecule is COC(=O)c1ccc(N=c2oc3ccc(Cl)cc3cc2C(N)=S)cc1. The van der Waals surface area contributed by atoms with Gasteiger partial charge in [-0.1, -0.05) is 23.8 Å². The van der Waals surface area contributed by atoms with Gasteiger partial charge in [0, 0.05) is 10.4 Å². The van der Waals surface area contributed by atoms with Crippen molar-refractivity contribution in [3.63, 3.8) is 0 Å². The van der Waals surface area contributed by atoms with Gasteiger partial charge in [0.1, 0.15) is 10.6 Å². The molecule has 0 amide bonds. The molecule has 2 N–H and O–H groups in total. The molecule has 0 bridgehead atoms. The van der Waals surface area contributed by atoms with Crippen LogP contribution in [0.15, 0.2) is 57.9 Å². The van der Waals surface area contributed by atoms with Crippen molar-refractivity contribution in [3.8, 4) is 0 Å². The average Bonchev–Trinajstić information content (AvgIpc) is 2.61. The smallest absolute Gasteiger partial charge is 0.337 e. The van der Waals surface area contributed by atoms with Crippen LogP contribution in [-0.2, 0) is 4.74 Å². The van der Waals surface area contributed by atoms with E-state index in [0.29, 0.717) is 27.4 Å². The molecule has 1 aromatic heterocycles. The Morgan fingerprint density at radius 3 is 2.56 bits per heavy atom. The van der Waals surface area contributed by atoms with E-state index in [0.717, 1.165) is 5.39 Å². The zero-order valence-electron chi connectivity index (χ0n) is 13.2. The van der Waals surface area contributed by atoms with E-state index in [2.05, 4.69) is 9.73 Å². The van der Waals surface area contributed by atoms with E-state index < -0.39 is 5.97 Å². The van der Waals surface area contributed by atoms with E-state index in [1.165, 1.54) is 7.11 Å². The lowest BCUT2D eigenvalue weighted by Crippen LogP contribution is -2.20. The summed E-state index contributed by atoms with van der Waals surface area (Å²) in [5.74, 6) is -0.414. The molecule has 0 aliphatic heterocycles. The Balaban J connectivity index is 2.14. The van der Waals surface area contributed by atoms with Gasteiger partial charge in [0.15, 0.2) is 0 Å².